The number of aryl methyl sites for hydroxylation is 1. The van der Waals surface area contributed by atoms with Crippen LogP contribution in [-0.2, 0) is 0 Å². The van der Waals surface area contributed by atoms with Crippen LogP contribution in [0.1, 0.15) is 15.2 Å². The van der Waals surface area contributed by atoms with Gasteiger partial charge in [-0.2, -0.15) is 0 Å². The Kier molecular flexibility index (Phi) is 4.15. The molecule has 0 aliphatic carbocycles. The van der Waals surface area contributed by atoms with Gasteiger partial charge in [-0.1, -0.05) is 35.3 Å². The number of hydrazine groups is 1. The van der Waals surface area contributed by atoms with Crippen LogP contribution in [0.25, 0.3) is 10.1 Å². The van der Waals surface area contributed by atoms with E-state index in [1.54, 1.807) is 0 Å². The zero-order chi connectivity index (χ0) is 15.7. The molecule has 0 unspecified atom stereocenters. The van der Waals surface area contributed by atoms with Crippen molar-refractivity contribution >= 4 is 56.5 Å². The lowest BCUT2D eigenvalue weighted by atomic mass is 10.2. The zero-order valence-electron chi connectivity index (χ0n) is 11.4. The number of rotatable bonds is 3. The Morgan fingerprint density at radius 1 is 1.23 bits per heavy atom. The molecular formula is C14H10Cl2N4OS. The minimum atomic E-state index is -0.345. The topological polar surface area (TPSA) is 66.9 Å². The Balaban J connectivity index is 1.80. The molecule has 0 saturated heterocycles. The first-order valence-corrected chi connectivity index (χ1v) is 7.84. The summed E-state index contributed by atoms with van der Waals surface area (Å²) >= 11 is 13.3. The van der Waals surface area contributed by atoms with Gasteiger partial charge in [-0.05, 0) is 18.6 Å². The predicted molar refractivity (Wildman–Crippen MR) is 89.7 cm³/mol. The molecule has 1 aromatic carbocycles. The molecule has 0 aliphatic heterocycles. The number of thiophene rings is 1. The SMILES string of the molecule is Cc1ccc2c(Cl)c(C(=O)NNc3ncc(Cl)cn3)sc2c1. The van der Waals surface area contributed by atoms with Crippen molar-refractivity contribution in [3.05, 3.63) is 51.1 Å². The van der Waals surface area contributed by atoms with Gasteiger partial charge in [0.1, 0.15) is 4.88 Å². The Bertz CT molecular complexity index is 848. The highest BCUT2D eigenvalue weighted by molar-refractivity contribution is 7.21. The summed E-state index contributed by atoms with van der Waals surface area (Å²) in [6.07, 6.45) is 2.86. The summed E-state index contributed by atoms with van der Waals surface area (Å²) in [5.41, 5.74) is 6.26. The summed E-state index contributed by atoms with van der Waals surface area (Å²) in [7, 11) is 0. The van der Waals surface area contributed by atoms with Crippen LogP contribution in [0.3, 0.4) is 0 Å². The third-order valence-corrected chi connectivity index (χ3v) is 4.75. The van der Waals surface area contributed by atoms with E-state index in [4.69, 9.17) is 23.2 Å². The largest absolute Gasteiger partial charge is 0.281 e. The fraction of sp³-hybridized carbons (Fsp3) is 0.0714. The van der Waals surface area contributed by atoms with Crippen molar-refractivity contribution < 1.29 is 4.79 Å². The molecule has 2 aromatic heterocycles. The molecule has 3 rings (SSSR count). The molecule has 8 heteroatoms. The van der Waals surface area contributed by atoms with Gasteiger partial charge in [0.25, 0.3) is 5.91 Å². The third-order valence-electron chi connectivity index (χ3n) is 2.90. The number of benzene rings is 1. The summed E-state index contributed by atoms with van der Waals surface area (Å²) in [6.45, 7) is 1.99. The number of hydrogen-bond donors (Lipinski definition) is 2. The van der Waals surface area contributed by atoms with Crippen LogP contribution in [0.15, 0.2) is 30.6 Å². The quantitative estimate of drug-likeness (QED) is 0.697. The van der Waals surface area contributed by atoms with E-state index in [0.717, 1.165) is 15.6 Å². The maximum Gasteiger partial charge on any atom is 0.281 e. The van der Waals surface area contributed by atoms with E-state index in [1.807, 2.05) is 25.1 Å². The normalized spacial score (nSPS) is 10.7. The molecule has 112 valence electrons. The lowest BCUT2D eigenvalue weighted by Crippen LogP contribution is -2.29. The number of carbonyl (C=O) groups is 1. The first kappa shape index (κ1) is 15.0. The molecule has 2 heterocycles. The molecule has 0 spiro atoms. The van der Waals surface area contributed by atoms with Crippen LogP contribution < -0.4 is 10.9 Å². The maximum absolute atomic E-state index is 12.2. The summed E-state index contributed by atoms with van der Waals surface area (Å²) in [5, 5.41) is 1.72. The van der Waals surface area contributed by atoms with Crippen LogP contribution in [0.5, 0.6) is 0 Å². The van der Waals surface area contributed by atoms with Crippen LogP contribution in [-0.4, -0.2) is 15.9 Å². The fourth-order valence-corrected chi connectivity index (χ4v) is 3.47. The molecule has 0 saturated carbocycles. The van der Waals surface area contributed by atoms with Gasteiger partial charge in [0, 0.05) is 10.1 Å². The minimum Gasteiger partial charge on any atom is -0.266 e. The highest BCUT2D eigenvalue weighted by Crippen LogP contribution is 2.35. The number of fused-ring (bicyclic) bond motifs is 1. The average Bonchev–Trinajstić information content (AvgIpc) is 2.83. The number of carbonyl (C=O) groups excluding carboxylic acids is 1. The van der Waals surface area contributed by atoms with Crippen LogP contribution in [0.4, 0.5) is 5.95 Å². The lowest BCUT2D eigenvalue weighted by Gasteiger charge is -2.05. The highest BCUT2D eigenvalue weighted by atomic mass is 35.5. The van der Waals surface area contributed by atoms with Gasteiger partial charge in [-0.15, -0.1) is 11.3 Å². The second-order valence-electron chi connectivity index (χ2n) is 4.55. The number of halogens is 2. The molecule has 3 aromatic rings. The van der Waals surface area contributed by atoms with Crippen molar-refractivity contribution in [2.24, 2.45) is 0 Å². The van der Waals surface area contributed by atoms with E-state index in [9.17, 15) is 4.79 Å². The standard InChI is InChI=1S/C14H10Cl2N4OS/c1-7-2-3-9-10(4-7)22-12(11(9)16)13(21)19-20-14-17-5-8(15)6-18-14/h2-6H,1H3,(H,19,21)(H,17,18,20). The summed E-state index contributed by atoms with van der Waals surface area (Å²) in [4.78, 5) is 20.5. The summed E-state index contributed by atoms with van der Waals surface area (Å²) in [6, 6.07) is 5.87. The number of amides is 1. The van der Waals surface area contributed by atoms with Gasteiger partial charge in [0.2, 0.25) is 5.95 Å². The Labute approximate surface area is 140 Å². The van der Waals surface area contributed by atoms with Crippen LogP contribution in [0, 0.1) is 6.92 Å². The first-order chi connectivity index (χ1) is 10.5. The summed E-state index contributed by atoms with van der Waals surface area (Å²) < 4.78 is 0.970. The Morgan fingerprint density at radius 2 is 1.95 bits per heavy atom. The monoisotopic (exact) mass is 352 g/mol. The van der Waals surface area contributed by atoms with Crippen molar-refractivity contribution in [3.8, 4) is 0 Å². The van der Waals surface area contributed by atoms with Gasteiger partial charge in [0.05, 0.1) is 22.4 Å². The molecule has 0 bridgehead atoms. The van der Waals surface area contributed by atoms with Crippen molar-refractivity contribution in [1.82, 2.24) is 15.4 Å². The number of anilines is 1. The number of nitrogens with one attached hydrogen (secondary N) is 2. The highest BCUT2D eigenvalue weighted by Gasteiger charge is 2.17. The molecule has 0 fully saturated rings. The van der Waals surface area contributed by atoms with Crippen LogP contribution in [0.2, 0.25) is 10.0 Å². The van der Waals surface area contributed by atoms with E-state index >= 15 is 0 Å². The fourth-order valence-electron chi connectivity index (χ4n) is 1.86. The smallest absolute Gasteiger partial charge is 0.266 e. The van der Waals surface area contributed by atoms with E-state index in [-0.39, 0.29) is 11.9 Å². The number of aromatic nitrogens is 2. The second kappa shape index (κ2) is 6.08. The average molecular weight is 353 g/mol. The molecule has 5 nitrogen and oxygen atoms in total. The Morgan fingerprint density at radius 3 is 2.68 bits per heavy atom. The van der Waals surface area contributed by atoms with Crippen molar-refractivity contribution in [2.45, 2.75) is 6.92 Å². The van der Waals surface area contributed by atoms with E-state index in [0.29, 0.717) is 14.9 Å². The van der Waals surface area contributed by atoms with Crippen molar-refractivity contribution in [2.75, 3.05) is 5.43 Å². The molecule has 2 N–H and O–H groups in total. The molecular weight excluding hydrogens is 343 g/mol. The van der Waals surface area contributed by atoms with E-state index in [2.05, 4.69) is 20.8 Å². The molecule has 0 radical (unpaired) electrons. The lowest BCUT2D eigenvalue weighted by molar-refractivity contribution is 0.0966. The Hall–Kier alpha value is -1.89. The summed E-state index contributed by atoms with van der Waals surface area (Å²) in [5.74, 6) is -0.103. The van der Waals surface area contributed by atoms with Gasteiger partial charge in [-0.3, -0.25) is 15.6 Å². The van der Waals surface area contributed by atoms with E-state index in [1.165, 1.54) is 23.7 Å². The van der Waals surface area contributed by atoms with Gasteiger partial charge in [0.15, 0.2) is 0 Å². The van der Waals surface area contributed by atoms with Gasteiger partial charge in [-0.25, -0.2) is 9.97 Å². The molecule has 0 aliphatic rings. The van der Waals surface area contributed by atoms with Crippen molar-refractivity contribution in [3.63, 3.8) is 0 Å². The van der Waals surface area contributed by atoms with Crippen molar-refractivity contribution in [1.29, 1.82) is 0 Å². The van der Waals surface area contributed by atoms with Crippen LogP contribution >= 0.6 is 34.5 Å². The van der Waals surface area contributed by atoms with E-state index < -0.39 is 0 Å². The van der Waals surface area contributed by atoms with Gasteiger partial charge >= 0.3 is 0 Å². The molecule has 0 atom stereocenters. The third kappa shape index (κ3) is 2.99. The zero-order valence-corrected chi connectivity index (χ0v) is 13.7. The number of hydrogen-bond acceptors (Lipinski definition) is 5. The van der Waals surface area contributed by atoms with Gasteiger partial charge < -0.3 is 0 Å². The number of nitrogens with zero attached hydrogens (tertiary/aromatic N) is 2. The molecule has 22 heavy (non-hydrogen) atoms. The first-order valence-electron chi connectivity index (χ1n) is 6.27. The molecule has 1 amide bonds. The second-order valence-corrected chi connectivity index (χ2v) is 6.42. The maximum atomic E-state index is 12.2. The minimum absolute atomic E-state index is 0.242. The predicted octanol–water partition coefficient (Wildman–Crippen LogP) is 4.06.